The Morgan fingerprint density at radius 3 is 2.18 bits per heavy atom. The molecule has 1 saturated carbocycles. The molecule has 9 rings (SSSR count). The molecule has 1 fully saturated rings. The summed E-state index contributed by atoms with van der Waals surface area (Å²) in [5, 5.41) is 5.24. The minimum absolute atomic E-state index is 0. The second kappa shape index (κ2) is 15.3. The fraction of sp³-hybridized carbons (Fsp3) is 0.321. The van der Waals surface area contributed by atoms with Crippen molar-refractivity contribution in [1.29, 1.82) is 0 Å². The van der Waals surface area contributed by atoms with Crippen LogP contribution in [0.1, 0.15) is 115 Å². The van der Waals surface area contributed by atoms with E-state index < -0.39 is 26.4 Å². The monoisotopic (exact) mass is 937 g/mol. The van der Waals surface area contributed by atoms with Crippen molar-refractivity contribution in [2.75, 3.05) is 0 Å². The number of aromatic nitrogens is 2. The molecule has 3 heterocycles. The van der Waals surface area contributed by atoms with E-state index in [2.05, 4.69) is 88.8 Å². The third-order valence-electron chi connectivity index (χ3n) is 11.0. The Bertz CT molecular complexity index is 3050. The summed E-state index contributed by atoms with van der Waals surface area (Å²) in [7, 11) is 0. The van der Waals surface area contributed by atoms with E-state index >= 15 is 0 Å². The normalized spacial score (nSPS) is 19.2. The molecule has 1 aliphatic rings. The zero-order valence-electron chi connectivity index (χ0n) is 43.6. The van der Waals surface area contributed by atoms with Crippen LogP contribution in [-0.2, 0) is 25.5 Å². The van der Waals surface area contributed by atoms with Crippen LogP contribution in [0.2, 0.25) is 0 Å². The second-order valence-corrected chi connectivity index (χ2v) is 18.0. The van der Waals surface area contributed by atoms with Crippen molar-refractivity contribution in [1.82, 2.24) is 9.97 Å². The third-order valence-corrected chi connectivity index (χ3v) is 11.0. The first kappa shape index (κ1) is 29.6. The Balaban J connectivity index is 0.000000267. The summed E-state index contributed by atoms with van der Waals surface area (Å²) in [4.78, 5) is 9.04. The summed E-state index contributed by atoms with van der Waals surface area (Å²) in [5.74, 6) is -1.17. The molecule has 293 valence electrons. The van der Waals surface area contributed by atoms with Crippen molar-refractivity contribution < 1.29 is 38.2 Å². The van der Waals surface area contributed by atoms with Crippen LogP contribution in [0, 0.1) is 43.5 Å². The summed E-state index contributed by atoms with van der Waals surface area (Å²) >= 11 is 0. The van der Waals surface area contributed by atoms with Gasteiger partial charge in [0, 0.05) is 51.6 Å². The van der Waals surface area contributed by atoms with E-state index in [-0.39, 0.29) is 47.5 Å². The maximum Gasteiger partial charge on any atom is 0.121 e. The van der Waals surface area contributed by atoms with Crippen LogP contribution in [0.15, 0.2) is 108 Å². The molecular formula is C53H54IrN2O-2. The first-order chi connectivity index (χ1) is 30.5. The summed E-state index contributed by atoms with van der Waals surface area (Å²) in [5.41, 5.74) is 5.10. The molecule has 8 aromatic rings. The van der Waals surface area contributed by atoms with Crippen LogP contribution in [-0.4, -0.2) is 9.97 Å². The van der Waals surface area contributed by atoms with E-state index in [0.29, 0.717) is 57.2 Å². The molecule has 3 nitrogen and oxygen atoms in total. The number of aryl methyl sites for hydroxylation is 3. The molecule has 0 bridgehead atoms. The molecule has 3 aromatic heterocycles. The predicted molar refractivity (Wildman–Crippen MR) is 236 cm³/mol. The Morgan fingerprint density at radius 1 is 0.737 bits per heavy atom. The van der Waals surface area contributed by atoms with Crippen molar-refractivity contribution in [3.05, 3.63) is 143 Å². The van der Waals surface area contributed by atoms with Crippen LogP contribution < -0.4 is 0 Å². The topological polar surface area (TPSA) is 38.9 Å². The summed E-state index contributed by atoms with van der Waals surface area (Å²) in [6.45, 7) is 7.99. The standard InChI is InChI=1S/C37H36NO.C16H18N.Ir/c1-22-11-14-28(32-16-29(23(2)20-38-32)26-18-36(3,4)21-37(5,6)19-26)35-34(22)31-15-25-13-12-24-9-7-8-10-27(24)30(25)17-33(31)39-35;1-12-5-7-13(8-6-12)15-10-9-14(11-17-15)16(2,3)4;/h7-13,15-17,20,26H,18-19,21H2,1-6H3;5-7,9-11H,1-4H3;/q2*-1;/i1D3,2D3,26D;1D3;. The Labute approximate surface area is 366 Å². The van der Waals surface area contributed by atoms with Gasteiger partial charge in [0.15, 0.2) is 0 Å². The van der Waals surface area contributed by atoms with Gasteiger partial charge in [-0.25, -0.2) is 0 Å². The fourth-order valence-electron chi connectivity index (χ4n) is 8.81. The molecular weight excluding hydrogens is 873 g/mol. The van der Waals surface area contributed by atoms with Crippen molar-refractivity contribution in [2.45, 2.75) is 99.6 Å². The van der Waals surface area contributed by atoms with E-state index in [1.54, 1.807) is 18.2 Å². The van der Waals surface area contributed by atoms with Crippen molar-refractivity contribution >= 4 is 43.5 Å². The summed E-state index contributed by atoms with van der Waals surface area (Å²) in [6, 6.07) is 34.3. The largest absolute Gasteiger partial charge is 0.501 e. The van der Waals surface area contributed by atoms with Crippen LogP contribution in [0.25, 0.3) is 66.0 Å². The van der Waals surface area contributed by atoms with Gasteiger partial charge < -0.3 is 14.4 Å². The zero-order chi connectivity index (χ0) is 48.0. The number of hydrogen-bond acceptors (Lipinski definition) is 3. The number of furan rings is 1. The number of pyridine rings is 2. The van der Waals surface area contributed by atoms with Crippen molar-refractivity contribution in [3.63, 3.8) is 0 Å². The second-order valence-electron chi connectivity index (χ2n) is 18.0. The third kappa shape index (κ3) is 8.23. The van der Waals surface area contributed by atoms with Gasteiger partial charge >= 0.3 is 0 Å². The van der Waals surface area contributed by atoms with E-state index in [1.807, 2.05) is 48.7 Å². The molecule has 0 amide bonds. The maximum absolute atomic E-state index is 9.78. The minimum Gasteiger partial charge on any atom is -0.501 e. The van der Waals surface area contributed by atoms with E-state index in [4.69, 9.17) is 16.8 Å². The zero-order valence-corrected chi connectivity index (χ0v) is 36.0. The Morgan fingerprint density at radius 2 is 1.49 bits per heavy atom. The first-order valence-corrected chi connectivity index (χ1v) is 19.3. The Kier molecular flexibility index (Phi) is 7.92. The van der Waals surface area contributed by atoms with Crippen LogP contribution in [0.5, 0.6) is 0 Å². The molecule has 0 spiro atoms. The molecule has 1 radical (unpaired) electrons. The summed E-state index contributed by atoms with van der Waals surface area (Å²) < 4.78 is 88.4. The molecule has 0 N–H and O–H groups in total. The molecule has 0 aliphatic heterocycles. The molecule has 1 aliphatic carbocycles. The molecule has 0 atom stereocenters. The average molecular weight is 937 g/mol. The molecule has 5 aromatic carbocycles. The van der Waals surface area contributed by atoms with Gasteiger partial charge in [-0.2, -0.15) is 0 Å². The summed E-state index contributed by atoms with van der Waals surface area (Å²) in [6.07, 6.45) is 5.15. The molecule has 0 saturated heterocycles. The molecule has 0 unspecified atom stereocenters. The number of fused-ring (bicyclic) bond motifs is 6. The van der Waals surface area contributed by atoms with E-state index in [9.17, 15) is 1.37 Å². The maximum atomic E-state index is 9.78. The number of benzene rings is 5. The predicted octanol–water partition coefficient (Wildman–Crippen LogP) is 14.8. The van der Waals surface area contributed by atoms with E-state index in [0.717, 1.165) is 39.2 Å². The SMILES string of the molecule is [2H]C([2H])([2H])c1c[c-]c(-c2ccc(C(C)(C)C)cn2)cc1.[2H]C([2H])([2H])c1cnc(-c2[c-]cc(C([2H])([2H])[2H])c3c2oc2cc4c(ccc5ccccc54)cc23)cc1C1([2H])CC(C)(C)CC(C)(C)C1.[Ir]. The Hall–Kier alpha value is -4.63. The first-order valence-electron chi connectivity index (χ1n) is 24.3. The van der Waals surface area contributed by atoms with E-state index in [1.165, 1.54) is 23.9 Å². The average Bonchev–Trinajstić information content (AvgIpc) is 3.58. The quantitative estimate of drug-likeness (QED) is 0.131. The van der Waals surface area contributed by atoms with Crippen LogP contribution in [0.4, 0.5) is 0 Å². The van der Waals surface area contributed by atoms with Gasteiger partial charge in [-0.3, -0.25) is 0 Å². The fourth-order valence-corrected chi connectivity index (χ4v) is 8.81. The van der Waals surface area contributed by atoms with Gasteiger partial charge in [0.05, 0.1) is 5.58 Å². The minimum atomic E-state index is -2.47. The van der Waals surface area contributed by atoms with Gasteiger partial charge in [0.2, 0.25) is 0 Å². The molecule has 4 heteroatoms. The number of hydrogen-bond donors (Lipinski definition) is 0. The van der Waals surface area contributed by atoms with Gasteiger partial charge in [0.25, 0.3) is 0 Å². The van der Waals surface area contributed by atoms with Gasteiger partial charge in [0.1, 0.15) is 5.58 Å². The molecule has 57 heavy (non-hydrogen) atoms. The van der Waals surface area contributed by atoms with Crippen LogP contribution in [0.3, 0.4) is 0 Å². The van der Waals surface area contributed by atoms with Gasteiger partial charge in [-0.1, -0.05) is 128 Å². The number of nitrogens with zero attached hydrogens (tertiary/aromatic N) is 2. The van der Waals surface area contributed by atoms with Gasteiger partial charge in [-0.15, -0.1) is 53.1 Å². The number of rotatable bonds is 3. The van der Waals surface area contributed by atoms with Crippen molar-refractivity contribution in [3.8, 4) is 22.5 Å². The smallest absolute Gasteiger partial charge is 0.121 e. The van der Waals surface area contributed by atoms with Gasteiger partial charge in [-0.05, 0) is 110 Å². The van der Waals surface area contributed by atoms with Crippen LogP contribution >= 0.6 is 0 Å². The van der Waals surface area contributed by atoms with Crippen molar-refractivity contribution in [2.24, 2.45) is 10.8 Å².